The van der Waals surface area contributed by atoms with Gasteiger partial charge in [-0.3, -0.25) is 0 Å². The lowest BCUT2D eigenvalue weighted by Crippen LogP contribution is -2.54. The van der Waals surface area contributed by atoms with E-state index in [0.717, 1.165) is 32.3 Å². The van der Waals surface area contributed by atoms with E-state index in [1.165, 1.54) is 0 Å². The fourth-order valence-electron chi connectivity index (χ4n) is 2.94. The predicted octanol–water partition coefficient (Wildman–Crippen LogP) is 0.903. The van der Waals surface area contributed by atoms with Gasteiger partial charge in [0, 0.05) is 18.6 Å². The molecule has 2 atom stereocenters. The lowest BCUT2D eigenvalue weighted by molar-refractivity contribution is -0.103. The minimum absolute atomic E-state index is 0.164. The number of aliphatic hydroxyl groups is 1. The predicted molar refractivity (Wildman–Crippen MR) is 54.9 cm³/mol. The molecule has 0 aromatic heterocycles. The van der Waals surface area contributed by atoms with Gasteiger partial charge in [0.25, 0.3) is 0 Å². The third-order valence-corrected chi connectivity index (χ3v) is 4.20. The zero-order valence-electron chi connectivity index (χ0n) is 8.96. The van der Waals surface area contributed by atoms with E-state index in [1.807, 2.05) is 0 Å². The summed E-state index contributed by atoms with van der Waals surface area (Å²) in [6.45, 7) is 4.01. The number of rotatable bonds is 4. The second-order valence-corrected chi connectivity index (χ2v) is 4.84. The van der Waals surface area contributed by atoms with Gasteiger partial charge in [0.05, 0.1) is 12.2 Å². The second kappa shape index (κ2) is 3.47. The molecule has 0 amide bonds. The van der Waals surface area contributed by atoms with Gasteiger partial charge in [-0.05, 0) is 31.6 Å². The molecule has 3 nitrogen and oxygen atoms in total. The van der Waals surface area contributed by atoms with Crippen molar-refractivity contribution >= 4 is 0 Å². The highest BCUT2D eigenvalue weighted by Crippen LogP contribution is 2.53. The normalized spacial score (nSPS) is 37.1. The SMILES string of the molecule is CCC(O)(C1CC1)C1(CN)CCOC1. The van der Waals surface area contributed by atoms with Crippen LogP contribution >= 0.6 is 0 Å². The van der Waals surface area contributed by atoms with Gasteiger partial charge < -0.3 is 15.6 Å². The minimum atomic E-state index is -0.571. The van der Waals surface area contributed by atoms with Crippen LogP contribution in [0.2, 0.25) is 0 Å². The molecule has 1 aliphatic carbocycles. The second-order valence-electron chi connectivity index (χ2n) is 4.84. The molecule has 0 aromatic rings. The first kappa shape index (κ1) is 10.4. The van der Waals surface area contributed by atoms with Gasteiger partial charge in [0.2, 0.25) is 0 Å². The Kier molecular flexibility index (Phi) is 2.58. The van der Waals surface area contributed by atoms with Gasteiger partial charge in [0.1, 0.15) is 0 Å². The van der Waals surface area contributed by atoms with Crippen LogP contribution < -0.4 is 5.73 Å². The van der Waals surface area contributed by atoms with E-state index in [9.17, 15) is 5.11 Å². The lowest BCUT2D eigenvalue weighted by Gasteiger charge is -2.43. The average molecular weight is 199 g/mol. The van der Waals surface area contributed by atoms with Crippen molar-refractivity contribution < 1.29 is 9.84 Å². The molecule has 3 N–H and O–H groups in total. The van der Waals surface area contributed by atoms with E-state index in [1.54, 1.807) is 0 Å². The van der Waals surface area contributed by atoms with E-state index in [2.05, 4.69) is 6.92 Å². The summed E-state index contributed by atoms with van der Waals surface area (Å²) in [5.41, 5.74) is 5.12. The molecule has 2 unspecified atom stereocenters. The van der Waals surface area contributed by atoms with Crippen molar-refractivity contribution in [2.45, 2.75) is 38.2 Å². The van der Waals surface area contributed by atoms with E-state index in [-0.39, 0.29) is 5.41 Å². The van der Waals surface area contributed by atoms with Gasteiger partial charge in [-0.25, -0.2) is 0 Å². The summed E-state index contributed by atoms with van der Waals surface area (Å²) in [5.74, 6) is 0.470. The number of hydrogen-bond acceptors (Lipinski definition) is 3. The Bertz CT molecular complexity index is 205. The third kappa shape index (κ3) is 1.30. The molecule has 1 saturated carbocycles. The molecule has 0 spiro atoms. The Labute approximate surface area is 85.6 Å². The Balaban J connectivity index is 2.22. The summed E-state index contributed by atoms with van der Waals surface area (Å²) in [6.07, 6.45) is 4.04. The summed E-state index contributed by atoms with van der Waals surface area (Å²) >= 11 is 0. The maximum atomic E-state index is 10.8. The van der Waals surface area contributed by atoms with E-state index in [4.69, 9.17) is 10.5 Å². The highest BCUT2D eigenvalue weighted by atomic mass is 16.5. The van der Waals surface area contributed by atoms with Crippen LogP contribution in [0.15, 0.2) is 0 Å². The van der Waals surface area contributed by atoms with Crippen LogP contribution in [0.1, 0.15) is 32.6 Å². The summed E-state index contributed by atoms with van der Waals surface area (Å²) in [6, 6.07) is 0. The van der Waals surface area contributed by atoms with Crippen molar-refractivity contribution in [3.05, 3.63) is 0 Å². The van der Waals surface area contributed by atoms with E-state index in [0.29, 0.717) is 19.1 Å². The van der Waals surface area contributed by atoms with Crippen molar-refractivity contribution in [3.63, 3.8) is 0 Å². The minimum Gasteiger partial charge on any atom is -0.389 e. The van der Waals surface area contributed by atoms with Gasteiger partial charge in [-0.2, -0.15) is 0 Å². The summed E-state index contributed by atoms with van der Waals surface area (Å²) in [5, 5.41) is 10.8. The van der Waals surface area contributed by atoms with Crippen molar-refractivity contribution in [1.29, 1.82) is 0 Å². The van der Waals surface area contributed by atoms with Crippen LogP contribution in [0.3, 0.4) is 0 Å². The Hall–Kier alpha value is -0.120. The molecule has 2 rings (SSSR count). The van der Waals surface area contributed by atoms with Crippen LogP contribution in [-0.4, -0.2) is 30.5 Å². The van der Waals surface area contributed by atoms with Crippen LogP contribution in [0, 0.1) is 11.3 Å². The van der Waals surface area contributed by atoms with Crippen LogP contribution in [0.25, 0.3) is 0 Å². The average Bonchev–Trinajstić information content (AvgIpc) is 2.96. The van der Waals surface area contributed by atoms with Crippen molar-refractivity contribution in [2.24, 2.45) is 17.1 Å². The molecule has 2 fully saturated rings. The smallest absolute Gasteiger partial charge is 0.0764 e. The standard InChI is InChI=1S/C11H21NO2/c1-2-11(13,9-3-4-9)10(7-12)5-6-14-8-10/h9,13H,2-8,12H2,1H3. The summed E-state index contributed by atoms with van der Waals surface area (Å²) in [4.78, 5) is 0. The first-order chi connectivity index (χ1) is 6.68. The molecule has 1 heterocycles. The monoisotopic (exact) mass is 199 g/mol. The Morgan fingerprint density at radius 1 is 1.57 bits per heavy atom. The largest absolute Gasteiger partial charge is 0.389 e. The molecular weight excluding hydrogens is 178 g/mol. The molecule has 1 saturated heterocycles. The van der Waals surface area contributed by atoms with Crippen LogP contribution in [0.5, 0.6) is 0 Å². The van der Waals surface area contributed by atoms with Crippen molar-refractivity contribution in [2.75, 3.05) is 19.8 Å². The van der Waals surface area contributed by atoms with E-state index >= 15 is 0 Å². The molecule has 14 heavy (non-hydrogen) atoms. The van der Waals surface area contributed by atoms with Crippen molar-refractivity contribution in [1.82, 2.24) is 0 Å². The molecule has 2 aliphatic rings. The number of ether oxygens (including phenoxy) is 1. The highest BCUT2D eigenvalue weighted by molar-refractivity contribution is 5.08. The maximum Gasteiger partial charge on any atom is 0.0764 e. The summed E-state index contributed by atoms with van der Waals surface area (Å²) < 4.78 is 5.44. The first-order valence-electron chi connectivity index (χ1n) is 5.69. The zero-order chi connectivity index (χ0) is 10.2. The summed E-state index contributed by atoms with van der Waals surface area (Å²) in [7, 11) is 0. The molecule has 0 aromatic carbocycles. The first-order valence-corrected chi connectivity index (χ1v) is 5.69. The fourth-order valence-corrected chi connectivity index (χ4v) is 2.94. The van der Waals surface area contributed by atoms with Gasteiger partial charge in [0.15, 0.2) is 0 Å². The quantitative estimate of drug-likeness (QED) is 0.707. The van der Waals surface area contributed by atoms with Crippen LogP contribution in [0.4, 0.5) is 0 Å². The number of hydrogen-bond donors (Lipinski definition) is 2. The molecule has 0 bridgehead atoms. The van der Waals surface area contributed by atoms with Crippen molar-refractivity contribution in [3.8, 4) is 0 Å². The third-order valence-electron chi connectivity index (χ3n) is 4.20. The number of nitrogens with two attached hydrogens (primary N) is 1. The Morgan fingerprint density at radius 2 is 2.29 bits per heavy atom. The molecule has 3 heteroatoms. The highest BCUT2D eigenvalue weighted by Gasteiger charge is 2.57. The molecule has 82 valence electrons. The Morgan fingerprint density at radius 3 is 2.64 bits per heavy atom. The van der Waals surface area contributed by atoms with E-state index < -0.39 is 5.60 Å². The topological polar surface area (TPSA) is 55.5 Å². The lowest BCUT2D eigenvalue weighted by atomic mass is 9.67. The van der Waals surface area contributed by atoms with Gasteiger partial charge >= 0.3 is 0 Å². The molecule has 0 radical (unpaired) electrons. The van der Waals surface area contributed by atoms with Crippen LogP contribution in [-0.2, 0) is 4.74 Å². The zero-order valence-corrected chi connectivity index (χ0v) is 8.96. The van der Waals surface area contributed by atoms with Gasteiger partial charge in [-0.1, -0.05) is 6.92 Å². The van der Waals surface area contributed by atoms with Gasteiger partial charge in [-0.15, -0.1) is 0 Å². The molecule has 1 aliphatic heterocycles. The molecular formula is C11H21NO2. The fraction of sp³-hybridized carbons (Fsp3) is 1.00. The maximum absolute atomic E-state index is 10.8.